The van der Waals surface area contributed by atoms with Gasteiger partial charge in [-0.1, -0.05) is 12.1 Å². The summed E-state index contributed by atoms with van der Waals surface area (Å²) in [6.45, 7) is 0.469. The Kier molecular flexibility index (Phi) is 4.91. The molecule has 0 heterocycles. The number of rotatable bonds is 6. The summed E-state index contributed by atoms with van der Waals surface area (Å²) in [5.41, 5.74) is 2.95. The van der Waals surface area contributed by atoms with Crippen molar-refractivity contribution in [1.82, 2.24) is 0 Å². The summed E-state index contributed by atoms with van der Waals surface area (Å²) in [7, 11) is 1.62. The lowest BCUT2D eigenvalue weighted by Crippen LogP contribution is -2.14. The number of carbonyl (C=O) groups is 2. The Morgan fingerprint density at radius 2 is 1.71 bits per heavy atom. The highest BCUT2D eigenvalue weighted by Crippen LogP contribution is 2.30. The number of hydrogen-bond donors (Lipinski definition) is 2. The van der Waals surface area contributed by atoms with Gasteiger partial charge in [0.05, 0.1) is 6.61 Å². The molecule has 0 aliphatic heterocycles. The van der Waals surface area contributed by atoms with Crippen LogP contribution in [0.5, 0.6) is 0 Å². The van der Waals surface area contributed by atoms with Gasteiger partial charge in [-0.3, -0.25) is 9.59 Å². The van der Waals surface area contributed by atoms with Crippen molar-refractivity contribution in [2.45, 2.75) is 19.4 Å². The minimum Gasteiger partial charge on any atom is -0.380 e. The maximum atomic E-state index is 12.3. The van der Waals surface area contributed by atoms with E-state index in [0.29, 0.717) is 17.9 Å². The molecule has 0 atom stereocenters. The van der Waals surface area contributed by atoms with Crippen molar-refractivity contribution in [3.63, 3.8) is 0 Å². The maximum Gasteiger partial charge on any atom is 0.255 e. The van der Waals surface area contributed by atoms with E-state index in [9.17, 15) is 9.59 Å². The van der Waals surface area contributed by atoms with Crippen LogP contribution in [-0.4, -0.2) is 18.9 Å². The number of hydrogen-bond acceptors (Lipinski definition) is 3. The van der Waals surface area contributed by atoms with Gasteiger partial charge in [-0.2, -0.15) is 0 Å². The highest BCUT2D eigenvalue weighted by molar-refractivity contribution is 6.04. The minimum atomic E-state index is -0.178. The standard InChI is InChI=1S/C19H20N2O3/c1-24-12-13-3-2-4-15(11-13)19(23)21-17-9-7-16(8-10-17)20-18(22)14-5-6-14/h2-4,7-11,14H,5-6,12H2,1H3,(H,20,22)(H,21,23). The first-order chi connectivity index (χ1) is 11.7. The molecule has 24 heavy (non-hydrogen) atoms. The quantitative estimate of drug-likeness (QED) is 0.855. The van der Waals surface area contributed by atoms with Crippen molar-refractivity contribution in [2.75, 3.05) is 17.7 Å². The molecular formula is C19H20N2O3. The predicted octanol–water partition coefficient (Wildman–Crippen LogP) is 3.43. The zero-order valence-corrected chi connectivity index (χ0v) is 13.5. The van der Waals surface area contributed by atoms with E-state index in [1.54, 1.807) is 37.4 Å². The molecule has 124 valence electrons. The van der Waals surface area contributed by atoms with E-state index in [2.05, 4.69) is 10.6 Å². The van der Waals surface area contributed by atoms with Crippen molar-refractivity contribution < 1.29 is 14.3 Å². The number of anilines is 2. The lowest BCUT2D eigenvalue weighted by Gasteiger charge is -2.08. The molecule has 0 aromatic heterocycles. The molecule has 0 radical (unpaired) electrons. The average molecular weight is 324 g/mol. The lowest BCUT2D eigenvalue weighted by molar-refractivity contribution is -0.117. The lowest BCUT2D eigenvalue weighted by atomic mass is 10.1. The van der Waals surface area contributed by atoms with Crippen LogP contribution < -0.4 is 10.6 Å². The van der Waals surface area contributed by atoms with Crippen LogP contribution in [0.1, 0.15) is 28.8 Å². The van der Waals surface area contributed by atoms with Gasteiger partial charge in [0.2, 0.25) is 5.91 Å². The Hall–Kier alpha value is -2.66. The van der Waals surface area contributed by atoms with E-state index >= 15 is 0 Å². The Labute approximate surface area is 141 Å². The molecule has 1 aliphatic carbocycles. The van der Waals surface area contributed by atoms with Crippen molar-refractivity contribution >= 4 is 23.2 Å². The zero-order chi connectivity index (χ0) is 16.9. The van der Waals surface area contributed by atoms with Crippen LogP contribution in [0.15, 0.2) is 48.5 Å². The molecule has 0 saturated heterocycles. The molecule has 1 aliphatic rings. The molecule has 0 unspecified atom stereocenters. The van der Waals surface area contributed by atoms with Crippen LogP contribution in [-0.2, 0) is 16.1 Å². The summed E-state index contributed by atoms with van der Waals surface area (Å²) in [4.78, 5) is 24.0. The molecule has 3 rings (SSSR count). The fourth-order valence-corrected chi connectivity index (χ4v) is 2.40. The van der Waals surface area contributed by atoms with Gasteiger partial charge in [0, 0.05) is 30.0 Å². The smallest absolute Gasteiger partial charge is 0.255 e. The van der Waals surface area contributed by atoms with Crippen molar-refractivity contribution in [2.24, 2.45) is 5.92 Å². The molecule has 2 amide bonds. The summed E-state index contributed by atoms with van der Waals surface area (Å²) in [6.07, 6.45) is 1.95. The third-order valence-corrected chi connectivity index (χ3v) is 3.86. The molecule has 0 spiro atoms. The number of nitrogens with one attached hydrogen (secondary N) is 2. The van der Waals surface area contributed by atoms with Crippen LogP contribution in [0.4, 0.5) is 11.4 Å². The third-order valence-electron chi connectivity index (χ3n) is 3.86. The van der Waals surface area contributed by atoms with Crippen LogP contribution in [0.25, 0.3) is 0 Å². The predicted molar refractivity (Wildman–Crippen MR) is 92.9 cm³/mol. The second-order valence-corrected chi connectivity index (χ2v) is 5.93. The molecular weight excluding hydrogens is 304 g/mol. The molecule has 2 aromatic rings. The number of carbonyl (C=O) groups excluding carboxylic acids is 2. The van der Waals surface area contributed by atoms with Crippen LogP contribution in [0, 0.1) is 5.92 Å². The molecule has 2 N–H and O–H groups in total. The second-order valence-electron chi connectivity index (χ2n) is 5.93. The topological polar surface area (TPSA) is 67.4 Å². The normalized spacial score (nSPS) is 13.4. The molecule has 1 saturated carbocycles. The minimum absolute atomic E-state index is 0.0711. The van der Waals surface area contributed by atoms with Gasteiger partial charge in [0.25, 0.3) is 5.91 Å². The van der Waals surface area contributed by atoms with Gasteiger partial charge in [-0.05, 0) is 54.8 Å². The van der Waals surface area contributed by atoms with Gasteiger partial charge in [-0.25, -0.2) is 0 Å². The van der Waals surface area contributed by atoms with Crippen molar-refractivity contribution in [3.8, 4) is 0 Å². The summed E-state index contributed by atoms with van der Waals surface area (Å²) in [6, 6.07) is 14.5. The number of methoxy groups -OCH3 is 1. The number of ether oxygens (including phenoxy) is 1. The SMILES string of the molecule is COCc1cccc(C(=O)Nc2ccc(NC(=O)C3CC3)cc2)c1. The van der Waals surface area contributed by atoms with E-state index in [4.69, 9.17) is 4.74 Å². The summed E-state index contributed by atoms with van der Waals surface area (Å²) < 4.78 is 5.08. The van der Waals surface area contributed by atoms with Crippen LogP contribution >= 0.6 is 0 Å². The molecule has 0 bridgehead atoms. The summed E-state index contributed by atoms with van der Waals surface area (Å²) in [5, 5.41) is 5.72. The monoisotopic (exact) mass is 324 g/mol. The first kappa shape index (κ1) is 16.2. The van der Waals surface area contributed by atoms with Gasteiger partial charge >= 0.3 is 0 Å². The van der Waals surface area contributed by atoms with E-state index in [1.165, 1.54) is 0 Å². The molecule has 5 heteroatoms. The Morgan fingerprint density at radius 1 is 1.04 bits per heavy atom. The third kappa shape index (κ3) is 4.20. The first-order valence-electron chi connectivity index (χ1n) is 7.96. The van der Waals surface area contributed by atoms with Crippen LogP contribution in [0.3, 0.4) is 0 Å². The van der Waals surface area contributed by atoms with Crippen LogP contribution in [0.2, 0.25) is 0 Å². The fraction of sp³-hybridized carbons (Fsp3) is 0.263. The largest absolute Gasteiger partial charge is 0.380 e. The Morgan fingerprint density at radius 3 is 2.33 bits per heavy atom. The van der Waals surface area contributed by atoms with Crippen molar-refractivity contribution in [3.05, 3.63) is 59.7 Å². The summed E-state index contributed by atoms with van der Waals surface area (Å²) >= 11 is 0. The number of amides is 2. The van der Waals surface area contributed by atoms with Gasteiger partial charge in [0.15, 0.2) is 0 Å². The van der Waals surface area contributed by atoms with E-state index in [1.807, 2.05) is 18.2 Å². The fourth-order valence-electron chi connectivity index (χ4n) is 2.40. The molecule has 2 aromatic carbocycles. The second kappa shape index (κ2) is 7.27. The van der Waals surface area contributed by atoms with E-state index in [-0.39, 0.29) is 17.7 Å². The average Bonchev–Trinajstić information content (AvgIpc) is 3.42. The Balaban J connectivity index is 1.61. The molecule has 1 fully saturated rings. The van der Waals surface area contributed by atoms with Crippen molar-refractivity contribution in [1.29, 1.82) is 0 Å². The molecule has 5 nitrogen and oxygen atoms in total. The van der Waals surface area contributed by atoms with Gasteiger partial charge in [0.1, 0.15) is 0 Å². The first-order valence-corrected chi connectivity index (χ1v) is 7.96. The number of benzene rings is 2. The van der Waals surface area contributed by atoms with E-state index < -0.39 is 0 Å². The van der Waals surface area contributed by atoms with E-state index in [0.717, 1.165) is 24.1 Å². The Bertz CT molecular complexity index is 737. The highest BCUT2D eigenvalue weighted by atomic mass is 16.5. The summed E-state index contributed by atoms with van der Waals surface area (Å²) in [5.74, 6) is 0.0632. The highest BCUT2D eigenvalue weighted by Gasteiger charge is 2.29. The van der Waals surface area contributed by atoms with Gasteiger partial charge in [-0.15, -0.1) is 0 Å². The van der Waals surface area contributed by atoms with Gasteiger partial charge < -0.3 is 15.4 Å². The zero-order valence-electron chi connectivity index (χ0n) is 13.5. The maximum absolute atomic E-state index is 12.3.